The second-order valence-electron chi connectivity index (χ2n) is 8.89. The number of rotatable bonds is 6. The Morgan fingerprint density at radius 1 is 1.43 bits per heavy atom. The lowest BCUT2D eigenvalue weighted by Crippen LogP contribution is -2.51. The molecule has 4 heterocycles. The summed E-state index contributed by atoms with van der Waals surface area (Å²) in [5, 5.41) is 14.3. The van der Waals surface area contributed by atoms with E-state index < -0.39 is 5.60 Å². The van der Waals surface area contributed by atoms with E-state index in [1.807, 2.05) is 11.3 Å². The molecule has 2 saturated heterocycles. The summed E-state index contributed by atoms with van der Waals surface area (Å²) >= 11 is 1.96. The molecule has 0 aromatic carbocycles. The van der Waals surface area contributed by atoms with Gasteiger partial charge < -0.3 is 20.4 Å². The molecule has 7 nitrogen and oxygen atoms in total. The van der Waals surface area contributed by atoms with Gasteiger partial charge in [0.15, 0.2) is 0 Å². The summed E-state index contributed by atoms with van der Waals surface area (Å²) in [7, 11) is 0. The topological polar surface area (TPSA) is 92.7 Å². The maximum absolute atomic E-state index is 10.3. The van der Waals surface area contributed by atoms with E-state index >= 15 is 0 Å². The number of hydrogen-bond acceptors (Lipinski definition) is 8. The molecule has 166 valence electrons. The molecule has 3 aliphatic heterocycles. The van der Waals surface area contributed by atoms with E-state index in [-0.39, 0.29) is 5.60 Å². The molecule has 3 aliphatic rings. The molecule has 30 heavy (non-hydrogen) atoms. The summed E-state index contributed by atoms with van der Waals surface area (Å²) in [6, 6.07) is 2.74. The first-order valence-electron chi connectivity index (χ1n) is 11.0. The minimum atomic E-state index is -0.852. The van der Waals surface area contributed by atoms with E-state index in [0.29, 0.717) is 38.8 Å². The molecular formula is C22H34N4O3S. The number of nitrogens with two attached hydrogens (primary N) is 1. The minimum Gasteiger partial charge on any atom is -0.385 e. The molecule has 0 aliphatic carbocycles. The highest BCUT2D eigenvalue weighted by molar-refractivity contribution is 7.12. The largest absolute Gasteiger partial charge is 0.385 e. The van der Waals surface area contributed by atoms with Crippen molar-refractivity contribution in [2.24, 2.45) is 15.9 Å². The summed E-state index contributed by atoms with van der Waals surface area (Å²) < 4.78 is 11.7. The van der Waals surface area contributed by atoms with Crippen LogP contribution in [0, 0.1) is 0 Å². The van der Waals surface area contributed by atoms with Crippen LogP contribution in [0.3, 0.4) is 0 Å². The van der Waals surface area contributed by atoms with Crippen molar-refractivity contribution in [2.75, 3.05) is 39.5 Å². The molecule has 2 fully saturated rings. The highest BCUT2D eigenvalue weighted by Gasteiger charge is 2.44. The Hall–Kier alpha value is -1.32. The average molecular weight is 435 g/mol. The summed E-state index contributed by atoms with van der Waals surface area (Å²) in [5.74, 6) is 5.64. The van der Waals surface area contributed by atoms with Gasteiger partial charge in [0, 0.05) is 54.5 Å². The van der Waals surface area contributed by atoms with Gasteiger partial charge in [-0.25, -0.2) is 0 Å². The number of piperidine rings is 1. The number of thiophene rings is 1. The number of aliphatic hydroxyl groups is 1. The zero-order valence-corrected chi connectivity index (χ0v) is 18.9. The Bertz CT molecular complexity index is 802. The molecule has 0 amide bonds. The van der Waals surface area contributed by atoms with Crippen molar-refractivity contribution in [1.82, 2.24) is 4.90 Å². The fraction of sp³-hybridized carbons (Fsp3) is 0.727. The molecule has 3 N–H and O–H groups in total. The Kier molecular flexibility index (Phi) is 6.60. The van der Waals surface area contributed by atoms with Gasteiger partial charge in [0.25, 0.3) is 0 Å². The first kappa shape index (κ1) is 21.9. The maximum Gasteiger partial charge on any atom is 0.110 e. The zero-order chi connectivity index (χ0) is 21.2. The predicted octanol–water partition coefficient (Wildman–Crippen LogP) is 2.10. The number of fused-ring (bicyclic) bond motifs is 2. The monoisotopic (exact) mass is 434 g/mol. The number of aryl methyl sites for hydroxylation is 1. The van der Waals surface area contributed by atoms with Crippen LogP contribution >= 0.6 is 11.3 Å². The zero-order valence-electron chi connectivity index (χ0n) is 18.1. The van der Waals surface area contributed by atoms with Crippen molar-refractivity contribution < 1.29 is 14.6 Å². The third-order valence-electron chi connectivity index (χ3n) is 6.70. The van der Waals surface area contributed by atoms with Crippen LogP contribution in [0.5, 0.6) is 0 Å². The first-order chi connectivity index (χ1) is 14.5. The van der Waals surface area contributed by atoms with Gasteiger partial charge in [-0.05, 0) is 37.8 Å². The van der Waals surface area contributed by atoms with Gasteiger partial charge >= 0.3 is 0 Å². The van der Waals surface area contributed by atoms with Crippen LogP contribution in [0.25, 0.3) is 0 Å². The smallest absolute Gasteiger partial charge is 0.110 e. The van der Waals surface area contributed by atoms with Crippen molar-refractivity contribution in [3.8, 4) is 0 Å². The second kappa shape index (κ2) is 9.04. The van der Waals surface area contributed by atoms with Crippen LogP contribution in [0.4, 0.5) is 0 Å². The molecule has 4 rings (SSSR count). The maximum atomic E-state index is 10.3. The van der Waals surface area contributed by atoms with Crippen molar-refractivity contribution >= 4 is 23.3 Å². The SMILES string of the molecule is CCc1cc2c(s1)CCO[C@@]21CCN(C/C(C=NCC2(O)CCOC2)=N/N)[C@@H](C)C1. The number of hydrazone groups is 1. The van der Waals surface area contributed by atoms with Gasteiger partial charge in [-0.3, -0.25) is 9.89 Å². The summed E-state index contributed by atoms with van der Waals surface area (Å²) in [5.41, 5.74) is 1.17. The Balaban J connectivity index is 1.38. The number of likely N-dealkylation sites (tertiary alicyclic amines) is 1. The molecule has 1 spiro atoms. The van der Waals surface area contributed by atoms with Gasteiger partial charge in [-0.15, -0.1) is 11.3 Å². The molecule has 0 saturated carbocycles. The third-order valence-corrected chi connectivity index (χ3v) is 8.04. The molecule has 1 aromatic heterocycles. The molecule has 8 heteroatoms. The van der Waals surface area contributed by atoms with E-state index in [9.17, 15) is 5.11 Å². The summed E-state index contributed by atoms with van der Waals surface area (Å²) in [6.07, 6.45) is 6.41. The molecule has 1 aromatic rings. The van der Waals surface area contributed by atoms with Crippen LogP contribution in [0.1, 0.15) is 48.4 Å². The summed E-state index contributed by atoms with van der Waals surface area (Å²) in [4.78, 5) is 9.78. The van der Waals surface area contributed by atoms with Gasteiger partial charge in [-0.2, -0.15) is 5.10 Å². The fourth-order valence-electron chi connectivity index (χ4n) is 4.88. The molecule has 3 atom stereocenters. The number of hydrogen-bond donors (Lipinski definition) is 2. The van der Waals surface area contributed by atoms with Crippen LogP contribution in [0.2, 0.25) is 0 Å². The van der Waals surface area contributed by atoms with Crippen LogP contribution < -0.4 is 5.84 Å². The molecule has 1 unspecified atom stereocenters. The van der Waals surface area contributed by atoms with Crippen molar-refractivity contribution in [3.05, 3.63) is 21.4 Å². The Morgan fingerprint density at radius 3 is 3.00 bits per heavy atom. The second-order valence-corrected chi connectivity index (χ2v) is 10.1. The third kappa shape index (κ3) is 4.48. The molecule has 0 radical (unpaired) electrons. The van der Waals surface area contributed by atoms with E-state index in [0.717, 1.165) is 44.5 Å². The quantitative estimate of drug-likeness (QED) is 0.406. The highest BCUT2D eigenvalue weighted by Crippen LogP contribution is 2.46. The van der Waals surface area contributed by atoms with Crippen LogP contribution in [-0.2, 0) is 27.9 Å². The predicted molar refractivity (Wildman–Crippen MR) is 121 cm³/mol. The Morgan fingerprint density at radius 2 is 2.30 bits per heavy atom. The van der Waals surface area contributed by atoms with Crippen LogP contribution in [0.15, 0.2) is 16.2 Å². The average Bonchev–Trinajstić information content (AvgIpc) is 3.36. The molecule has 0 bridgehead atoms. The van der Waals surface area contributed by atoms with E-state index in [1.165, 1.54) is 15.3 Å². The number of ether oxygens (including phenoxy) is 2. The lowest BCUT2D eigenvalue weighted by atomic mass is 9.79. The van der Waals surface area contributed by atoms with E-state index in [4.69, 9.17) is 15.3 Å². The van der Waals surface area contributed by atoms with Crippen LogP contribution in [-0.4, -0.2) is 73.0 Å². The number of nitrogens with zero attached hydrogens (tertiary/aromatic N) is 3. The lowest BCUT2D eigenvalue weighted by Gasteiger charge is -2.47. The van der Waals surface area contributed by atoms with Crippen molar-refractivity contribution in [3.63, 3.8) is 0 Å². The van der Waals surface area contributed by atoms with Crippen molar-refractivity contribution in [2.45, 2.75) is 63.2 Å². The molecular weight excluding hydrogens is 400 g/mol. The van der Waals surface area contributed by atoms with Gasteiger partial charge in [-0.1, -0.05) is 6.92 Å². The lowest BCUT2D eigenvalue weighted by molar-refractivity contribution is -0.108. The van der Waals surface area contributed by atoms with Gasteiger partial charge in [0.05, 0.1) is 31.1 Å². The fourth-order valence-corrected chi connectivity index (χ4v) is 6.05. The standard InChI is InChI=1S/C22H34N4O3S/c1-3-18-10-19-20(30-18)4-8-29-22(19)5-7-26(16(2)11-22)13-17(25-23)12-24-14-21(27)6-9-28-15-21/h10,12,16,27H,3-9,11,13-15,23H2,1-2H3/b24-12?,25-17+/t16-,21?,22+/m0/s1. The van der Waals surface area contributed by atoms with Gasteiger partial charge in [0.2, 0.25) is 0 Å². The normalized spacial score (nSPS) is 32.9. The van der Waals surface area contributed by atoms with E-state index in [1.54, 1.807) is 6.21 Å². The number of aliphatic imine (C=N–C) groups is 1. The van der Waals surface area contributed by atoms with Crippen molar-refractivity contribution in [1.29, 1.82) is 0 Å². The summed E-state index contributed by atoms with van der Waals surface area (Å²) in [6.45, 7) is 8.14. The minimum absolute atomic E-state index is 0.146. The van der Waals surface area contributed by atoms with E-state index in [2.05, 4.69) is 34.9 Å². The highest BCUT2D eigenvalue weighted by atomic mass is 32.1. The van der Waals surface area contributed by atoms with Gasteiger partial charge in [0.1, 0.15) is 5.60 Å². The Labute approximate surface area is 183 Å². The first-order valence-corrected chi connectivity index (χ1v) is 11.9.